The lowest BCUT2D eigenvalue weighted by Gasteiger charge is -2.15. The minimum Gasteiger partial charge on any atom is -0.493 e. The fraction of sp³-hybridized carbons (Fsp3) is 0.296. The average molecular weight is 405 g/mol. The summed E-state index contributed by atoms with van der Waals surface area (Å²) in [6.07, 6.45) is 3.73. The highest BCUT2D eigenvalue weighted by atomic mass is 19.1. The van der Waals surface area contributed by atoms with E-state index in [1.165, 1.54) is 27.8 Å². The smallest absolute Gasteiger partial charge is 0.153 e. The second kappa shape index (κ2) is 10.7. The first kappa shape index (κ1) is 21.8. The first-order valence-electron chi connectivity index (χ1n) is 10.6. The molecule has 0 bridgehead atoms. The van der Waals surface area contributed by atoms with E-state index in [1.54, 1.807) is 0 Å². The number of halogens is 1. The van der Waals surface area contributed by atoms with Crippen LogP contribution in [0.1, 0.15) is 45.5 Å². The summed E-state index contributed by atoms with van der Waals surface area (Å²) < 4.78 is 18.1. The first-order valence-corrected chi connectivity index (χ1v) is 10.6. The molecule has 2 nitrogen and oxygen atoms in total. The lowest BCUT2D eigenvalue weighted by atomic mass is 9.92. The largest absolute Gasteiger partial charge is 0.493 e. The van der Waals surface area contributed by atoms with Crippen LogP contribution in [0.15, 0.2) is 60.7 Å². The molecule has 3 heteroatoms. The Morgan fingerprint density at radius 2 is 1.67 bits per heavy atom. The van der Waals surface area contributed by atoms with Crippen molar-refractivity contribution in [1.29, 1.82) is 0 Å². The van der Waals surface area contributed by atoms with Crippen molar-refractivity contribution < 1.29 is 13.9 Å². The zero-order valence-corrected chi connectivity index (χ0v) is 17.8. The van der Waals surface area contributed by atoms with E-state index in [0.717, 1.165) is 24.7 Å². The van der Waals surface area contributed by atoms with Gasteiger partial charge in [-0.25, -0.2) is 0 Å². The van der Waals surface area contributed by atoms with Gasteiger partial charge in [-0.05, 0) is 85.0 Å². The van der Waals surface area contributed by atoms with Crippen molar-refractivity contribution in [3.8, 4) is 16.9 Å². The van der Waals surface area contributed by atoms with E-state index in [9.17, 15) is 9.18 Å². The fourth-order valence-corrected chi connectivity index (χ4v) is 3.77. The van der Waals surface area contributed by atoms with Crippen LogP contribution >= 0.6 is 0 Å². The Hall–Kier alpha value is -2.94. The van der Waals surface area contributed by atoms with Crippen molar-refractivity contribution in [2.75, 3.05) is 13.3 Å². The third kappa shape index (κ3) is 5.35. The third-order valence-corrected chi connectivity index (χ3v) is 5.58. The van der Waals surface area contributed by atoms with Crippen LogP contribution in [0.3, 0.4) is 0 Å². The topological polar surface area (TPSA) is 26.3 Å². The molecule has 0 aliphatic rings. The molecule has 0 amide bonds. The number of hydrogen-bond acceptors (Lipinski definition) is 2. The summed E-state index contributed by atoms with van der Waals surface area (Å²) in [7, 11) is 0. The van der Waals surface area contributed by atoms with Gasteiger partial charge in [0.05, 0.1) is 18.8 Å². The van der Waals surface area contributed by atoms with Crippen LogP contribution in [0.25, 0.3) is 11.1 Å². The number of aldehydes is 1. The number of hydrogen-bond donors (Lipinski definition) is 0. The average Bonchev–Trinajstić information content (AvgIpc) is 2.77. The predicted octanol–water partition coefficient (Wildman–Crippen LogP) is 6.70. The molecule has 0 radical (unpaired) electrons. The second-order valence-electron chi connectivity index (χ2n) is 7.63. The van der Waals surface area contributed by atoms with Crippen LogP contribution < -0.4 is 4.74 Å². The normalized spacial score (nSPS) is 10.8. The molecule has 0 aliphatic carbocycles. The van der Waals surface area contributed by atoms with Crippen LogP contribution in [0.5, 0.6) is 5.75 Å². The maximum Gasteiger partial charge on any atom is 0.153 e. The van der Waals surface area contributed by atoms with E-state index >= 15 is 0 Å². The van der Waals surface area contributed by atoms with Crippen LogP contribution in [0, 0.1) is 13.8 Å². The number of unbranched alkanes of at least 4 members (excludes halogenated alkanes) is 1. The van der Waals surface area contributed by atoms with Gasteiger partial charge < -0.3 is 4.74 Å². The van der Waals surface area contributed by atoms with Crippen LogP contribution in [-0.2, 0) is 12.8 Å². The van der Waals surface area contributed by atoms with Gasteiger partial charge in [-0.15, -0.1) is 0 Å². The predicted molar refractivity (Wildman–Crippen MR) is 121 cm³/mol. The SMILES string of the molecule is Cc1cc(C=O)c(OCCCCF)cc1CCc1cccc(-c2ccccc2)c1C. The minimum absolute atomic E-state index is 0.343. The maximum atomic E-state index is 12.3. The Kier molecular flexibility index (Phi) is 7.78. The molecule has 156 valence electrons. The maximum absolute atomic E-state index is 12.3. The lowest BCUT2D eigenvalue weighted by molar-refractivity contribution is 0.111. The molecular formula is C27H29FO2. The van der Waals surface area contributed by atoms with Gasteiger partial charge >= 0.3 is 0 Å². The van der Waals surface area contributed by atoms with E-state index in [2.05, 4.69) is 49.4 Å². The molecule has 0 spiro atoms. The molecule has 30 heavy (non-hydrogen) atoms. The van der Waals surface area contributed by atoms with Gasteiger partial charge in [-0.2, -0.15) is 0 Å². The number of rotatable bonds is 10. The quantitative estimate of drug-likeness (QED) is 0.278. The van der Waals surface area contributed by atoms with Gasteiger partial charge in [0.15, 0.2) is 6.29 Å². The summed E-state index contributed by atoms with van der Waals surface area (Å²) in [5.74, 6) is 0.596. The Morgan fingerprint density at radius 3 is 2.40 bits per heavy atom. The number of carbonyl (C=O) groups excluding carboxylic acids is 1. The Morgan fingerprint density at radius 1 is 0.900 bits per heavy atom. The molecule has 3 aromatic carbocycles. The van der Waals surface area contributed by atoms with E-state index in [1.807, 2.05) is 25.1 Å². The van der Waals surface area contributed by atoms with Gasteiger partial charge in [-0.3, -0.25) is 9.18 Å². The number of alkyl halides is 1. The molecule has 0 saturated carbocycles. The molecule has 3 rings (SSSR count). The van der Waals surface area contributed by atoms with Crippen molar-refractivity contribution in [1.82, 2.24) is 0 Å². The van der Waals surface area contributed by atoms with E-state index < -0.39 is 0 Å². The summed E-state index contributed by atoms with van der Waals surface area (Å²) in [6, 6.07) is 20.8. The summed E-state index contributed by atoms with van der Waals surface area (Å²) in [4.78, 5) is 11.4. The second-order valence-corrected chi connectivity index (χ2v) is 7.63. The molecule has 0 heterocycles. The molecule has 0 aromatic heterocycles. The van der Waals surface area contributed by atoms with Crippen LogP contribution in [-0.4, -0.2) is 19.6 Å². The highest BCUT2D eigenvalue weighted by Gasteiger charge is 2.11. The molecule has 0 fully saturated rings. The number of ether oxygens (including phenoxy) is 1. The molecular weight excluding hydrogens is 375 g/mol. The number of benzene rings is 3. The standard InChI is InChI=1S/C27H29FO2/c1-20-17-25(19-29)27(30-16-7-6-15-28)18-24(20)14-13-22-11-8-12-26(21(22)2)23-9-4-3-5-10-23/h3-5,8-12,17-19H,6-7,13-16H2,1-2H3. The molecule has 0 aliphatic heterocycles. The van der Waals surface area contributed by atoms with Crippen molar-refractivity contribution in [3.05, 3.63) is 88.5 Å². The Bertz CT molecular complexity index is 980. The Labute approximate surface area is 178 Å². The lowest BCUT2D eigenvalue weighted by Crippen LogP contribution is -2.04. The number of carbonyl (C=O) groups is 1. The zero-order chi connectivity index (χ0) is 21.3. The summed E-state index contributed by atoms with van der Waals surface area (Å²) in [6.45, 7) is 4.29. The highest BCUT2D eigenvalue weighted by molar-refractivity contribution is 5.80. The third-order valence-electron chi connectivity index (χ3n) is 5.58. The molecule has 0 N–H and O–H groups in total. The molecule has 0 atom stereocenters. The summed E-state index contributed by atoms with van der Waals surface area (Å²) >= 11 is 0. The minimum atomic E-state index is -0.343. The summed E-state index contributed by atoms with van der Waals surface area (Å²) in [5, 5.41) is 0. The number of aryl methyl sites for hydroxylation is 3. The fourth-order valence-electron chi connectivity index (χ4n) is 3.77. The van der Waals surface area contributed by atoms with Crippen molar-refractivity contribution in [3.63, 3.8) is 0 Å². The molecule has 0 unspecified atom stereocenters. The van der Waals surface area contributed by atoms with Gasteiger partial charge in [0.2, 0.25) is 0 Å². The highest BCUT2D eigenvalue weighted by Crippen LogP contribution is 2.28. The van der Waals surface area contributed by atoms with E-state index in [-0.39, 0.29) is 6.67 Å². The van der Waals surface area contributed by atoms with E-state index in [0.29, 0.717) is 30.8 Å². The van der Waals surface area contributed by atoms with Gasteiger partial charge in [0, 0.05) is 0 Å². The van der Waals surface area contributed by atoms with E-state index in [4.69, 9.17) is 4.74 Å². The van der Waals surface area contributed by atoms with Crippen molar-refractivity contribution >= 4 is 6.29 Å². The molecule has 0 saturated heterocycles. The van der Waals surface area contributed by atoms with Gasteiger partial charge in [0.1, 0.15) is 5.75 Å². The molecule has 3 aromatic rings. The van der Waals surface area contributed by atoms with Crippen LogP contribution in [0.4, 0.5) is 4.39 Å². The first-order chi connectivity index (χ1) is 14.6. The van der Waals surface area contributed by atoms with Gasteiger partial charge in [0.25, 0.3) is 0 Å². The Balaban J connectivity index is 1.78. The summed E-state index contributed by atoms with van der Waals surface area (Å²) in [5.41, 5.74) is 7.92. The van der Waals surface area contributed by atoms with Crippen LogP contribution in [0.2, 0.25) is 0 Å². The van der Waals surface area contributed by atoms with Gasteiger partial charge in [-0.1, -0.05) is 48.5 Å². The zero-order valence-electron chi connectivity index (χ0n) is 17.8. The van der Waals surface area contributed by atoms with Crippen molar-refractivity contribution in [2.24, 2.45) is 0 Å². The monoisotopic (exact) mass is 404 g/mol. The van der Waals surface area contributed by atoms with Crippen molar-refractivity contribution in [2.45, 2.75) is 39.5 Å².